The van der Waals surface area contributed by atoms with Crippen LogP contribution in [-0.4, -0.2) is 24.8 Å². The Labute approximate surface area is 117 Å². The fourth-order valence-corrected chi connectivity index (χ4v) is 3.37. The van der Waals surface area contributed by atoms with Crippen molar-refractivity contribution in [2.24, 2.45) is 5.73 Å². The molecule has 1 aromatic heterocycles. The van der Waals surface area contributed by atoms with Crippen LogP contribution in [0.2, 0.25) is 0 Å². The van der Waals surface area contributed by atoms with Crippen molar-refractivity contribution in [3.8, 4) is 0 Å². The second-order valence-corrected chi connectivity index (χ2v) is 6.62. The summed E-state index contributed by atoms with van der Waals surface area (Å²) in [7, 11) is -3.80. The molecule has 0 unspecified atom stereocenters. The van der Waals surface area contributed by atoms with Crippen molar-refractivity contribution in [3.05, 3.63) is 36.5 Å². The molecule has 1 aromatic carbocycles. The summed E-state index contributed by atoms with van der Waals surface area (Å²) in [5, 5.41) is 7.97. The van der Waals surface area contributed by atoms with Crippen LogP contribution in [0.5, 0.6) is 0 Å². The zero-order valence-corrected chi connectivity index (χ0v) is 12.0. The minimum atomic E-state index is -3.80. The third-order valence-electron chi connectivity index (χ3n) is 2.96. The number of nitrogens with one attached hydrogen (secondary N) is 2. The molecule has 0 saturated heterocycles. The number of rotatable bonds is 4. The summed E-state index contributed by atoms with van der Waals surface area (Å²) in [5.41, 5.74) is 4.86. The molecule has 0 fully saturated rings. The van der Waals surface area contributed by atoms with Gasteiger partial charge in [0.05, 0.1) is 16.0 Å². The van der Waals surface area contributed by atoms with Crippen LogP contribution in [0.4, 0.5) is 0 Å². The van der Waals surface area contributed by atoms with E-state index in [1.807, 2.05) is 0 Å². The maximum atomic E-state index is 12.5. The molecule has 106 valence electrons. The summed E-state index contributed by atoms with van der Waals surface area (Å²) in [6.45, 7) is 3.08. The molecule has 0 aliphatic carbocycles. The zero-order chi connectivity index (χ0) is 15.0. The molecule has 0 amide bonds. The van der Waals surface area contributed by atoms with Gasteiger partial charge in [-0.2, -0.15) is 4.72 Å². The van der Waals surface area contributed by atoms with E-state index < -0.39 is 15.6 Å². The SMILES string of the molecule is CC(C)(NS(=O)(=O)c1cccc2ncccc12)C(=N)N. The number of nitrogens with zero attached hydrogens (tertiary/aromatic N) is 1. The maximum absolute atomic E-state index is 12.5. The second-order valence-electron chi connectivity index (χ2n) is 4.97. The van der Waals surface area contributed by atoms with E-state index in [9.17, 15) is 8.42 Å². The molecule has 7 heteroatoms. The Bertz CT molecular complexity index is 764. The van der Waals surface area contributed by atoms with Crippen LogP contribution in [0, 0.1) is 5.41 Å². The molecular formula is C13H16N4O2S. The van der Waals surface area contributed by atoms with Crippen molar-refractivity contribution in [1.82, 2.24) is 9.71 Å². The van der Waals surface area contributed by atoms with Crippen molar-refractivity contribution in [2.45, 2.75) is 24.3 Å². The number of fused-ring (bicyclic) bond motifs is 1. The summed E-state index contributed by atoms with van der Waals surface area (Å²) in [4.78, 5) is 4.25. The number of hydrogen-bond acceptors (Lipinski definition) is 4. The normalized spacial score (nSPS) is 12.5. The first-order valence-corrected chi connectivity index (χ1v) is 7.44. The molecule has 0 aliphatic heterocycles. The number of sulfonamides is 1. The van der Waals surface area contributed by atoms with Gasteiger partial charge < -0.3 is 5.73 Å². The number of nitrogens with two attached hydrogens (primary N) is 1. The Morgan fingerprint density at radius 2 is 2.00 bits per heavy atom. The van der Waals surface area contributed by atoms with E-state index >= 15 is 0 Å². The van der Waals surface area contributed by atoms with Crippen molar-refractivity contribution >= 4 is 26.8 Å². The summed E-state index contributed by atoms with van der Waals surface area (Å²) >= 11 is 0. The predicted molar refractivity (Wildman–Crippen MR) is 78.1 cm³/mol. The van der Waals surface area contributed by atoms with Gasteiger partial charge in [0, 0.05) is 11.6 Å². The van der Waals surface area contributed by atoms with Gasteiger partial charge in [0.25, 0.3) is 0 Å². The Hall–Kier alpha value is -1.99. The lowest BCUT2D eigenvalue weighted by molar-refractivity contribution is 0.543. The summed E-state index contributed by atoms with van der Waals surface area (Å²) in [6, 6.07) is 8.24. The van der Waals surface area contributed by atoms with Crippen LogP contribution >= 0.6 is 0 Å². The lowest BCUT2D eigenvalue weighted by Gasteiger charge is -2.24. The smallest absolute Gasteiger partial charge is 0.242 e. The number of amidine groups is 1. The van der Waals surface area contributed by atoms with Crippen molar-refractivity contribution in [1.29, 1.82) is 5.41 Å². The molecule has 6 nitrogen and oxygen atoms in total. The average molecular weight is 292 g/mol. The molecule has 0 radical (unpaired) electrons. The summed E-state index contributed by atoms with van der Waals surface area (Å²) in [6.07, 6.45) is 1.60. The molecule has 2 aromatic rings. The Morgan fingerprint density at radius 3 is 2.65 bits per heavy atom. The van der Waals surface area contributed by atoms with Crippen molar-refractivity contribution < 1.29 is 8.42 Å². The molecule has 2 rings (SSSR count). The van der Waals surface area contributed by atoms with E-state index in [-0.39, 0.29) is 10.7 Å². The Kier molecular flexibility index (Phi) is 3.49. The van der Waals surface area contributed by atoms with Crippen molar-refractivity contribution in [3.63, 3.8) is 0 Å². The van der Waals surface area contributed by atoms with Gasteiger partial charge in [-0.15, -0.1) is 0 Å². The highest BCUT2D eigenvalue weighted by Crippen LogP contribution is 2.22. The summed E-state index contributed by atoms with van der Waals surface area (Å²) in [5.74, 6) is -0.251. The van der Waals surface area contributed by atoms with Gasteiger partial charge in [-0.3, -0.25) is 10.4 Å². The van der Waals surface area contributed by atoms with E-state index in [4.69, 9.17) is 11.1 Å². The molecule has 0 bridgehead atoms. The van der Waals surface area contributed by atoms with E-state index in [1.165, 1.54) is 19.9 Å². The van der Waals surface area contributed by atoms with E-state index in [2.05, 4.69) is 9.71 Å². The summed E-state index contributed by atoms with van der Waals surface area (Å²) < 4.78 is 27.4. The highest BCUT2D eigenvalue weighted by molar-refractivity contribution is 7.89. The van der Waals surface area contributed by atoms with Gasteiger partial charge in [0.1, 0.15) is 5.84 Å². The molecule has 0 atom stereocenters. The predicted octanol–water partition coefficient (Wildman–Crippen LogP) is 1.23. The highest BCUT2D eigenvalue weighted by atomic mass is 32.2. The molecule has 4 N–H and O–H groups in total. The van der Waals surface area contributed by atoms with E-state index in [0.29, 0.717) is 10.9 Å². The minimum absolute atomic E-state index is 0.123. The van der Waals surface area contributed by atoms with Gasteiger partial charge >= 0.3 is 0 Å². The monoisotopic (exact) mass is 292 g/mol. The molecule has 0 saturated carbocycles. The maximum Gasteiger partial charge on any atom is 0.242 e. The number of aromatic nitrogens is 1. The number of hydrogen-bond donors (Lipinski definition) is 3. The van der Waals surface area contributed by atoms with Gasteiger partial charge in [0.15, 0.2) is 0 Å². The standard InChI is InChI=1S/C13H16N4O2S/c1-13(2,12(14)15)17-20(18,19)11-7-3-6-10-9(11)5-4-8-16-10/h3-8,17H,1-2H3,(H3,14,15). The topological polar surface area (TPSA) is 109 Å². The molecule has 0 aliphatic rings. The fourth-order valence-electron chi connectivity index (χ4n) is 1.76. The minimum Gasteiger partial charge on any atom is -0.386 e. The first kappa shape index (κ1) is 14.4. The van der Waals surface area contributed by atoms with Gasteiger partial charge in [0.2, 0.25) is 10.0 Å². The zero-order valence-electron chi connectivity index (χ0n) is 11.2. The average Bonchev–Trinajstić information content (AvgIpc) is 2.36. The first-order valence-electron chi connectivity index (χ1n) is 5.96. The van der Waals surface area contributed by atoms with Crippen molar-refractivity contribution in [2.75, 3.05) is 0 Å². The molecule has 1 heterocycles. The Balaban J connectivity index is 2.56. The van der Waals surface area contributed by atoms with Gasteiger partial charge in [-0.05, 0) is 38.1 Å². The fraction of sp³-hybridized carbons (Fsp3) is 0.231. The van der Waals surface area contributed by atoms with Crippen LogP contribution in [-0.2, 0) is 10.0 Å². The van der Waals surface area contributed by atoms with Crippen LogP contribution in [0.15, 0.2) is 41.4 Å². The lowest BCUT2D eigenvalue weighted by atomic mass is 10.1. The van der Waals surface area contributed by atoms with Crippen LogP contribution in [0.25, 0.3) is 10.9 Å². The van der Waals surface area contributed by atoms with Crippen LogP contribution < -0.4 is 10.5 Å². The molecule has 0 spiro atoms. The first-order chi connectivity index (χ1) is 9.24. The number of benzene rings is 1. The van der Waals surface area contributed by atoms with E-state index in [0.717, 1.165) is 0 Å². The third-order valence-corrected chi connectivity index (χ3v) is 4.67. The quantitative estimate of drug-likeness (QED) is 0.581. The lowest BCUT2D eigenvalue weighted by Crippen LogP contribution is -2.52. The van der Waals surface area contributed by atoms with Crippen LogP contribution in [0.1, 0.15) is 13.8 Å². The van der Waals surface area contributed by atoms with Crippen LogP contribution in [0.3, 0.4) is 0 Å². The van der Waals surface area contributed by atoms with E-state index in [1.54, 1.807) is 30.5 Å². The molecule has 20 heavy (non-hydrogen) atoms. The van der Waals surface area contributed by atoms with Gasteiger partial charge in [-0.1, -0.05) is 6.07 Å². The second kappa shape index (κ2) is 4.84. The molecular weight excluding hydrogens is 276 g/mol. The largest absolute Gasteiger partial charge is 0.386 e. The number of pyridine rings is 1. The third kappa shape index (κ3) is 2.63. The highest BCUT2D eigenvalue weighted by Gasteiger charge is 2.29. The Morgan fingerprint density at radius 1 is 1.30 bits per heavy atom. The van der Waals surface area contributed by atoms with Gasteiger partial charge in [-0.25, -0.2) is 8.42 Å².